The highest BCUT2D eigenvalue weighted by Crippen LogP contribution is 2.25. The van der Waals surface area contributed by atoms with Gasteiger partial charge in [0.2, 0.25) is 10.0 Å². The molecule has 32 heavy (non-hydrogen) atoms. The standard InChI is InChI=1S/C21H24Cl2N2O6S/c1-11-7-12(2)19(13(3)8-11)24-18(27)10-31-21(28)20(14(4)26)25-32(29,30)15-5-6-16(22)17(23)9-15/h5-9,14,20,25-26H,10H2,1-4H3,(H,24,27)/t14-,20-/m0/s1. The fourth-order valence-electron chi connectivity index (χ4n) is 3.00. The van der Waals surface area contributed by atoms with Crippen LogP contribution in [-0.2, 0) is 24.3 Å². The third-order valence-electron chi connectivity index (χ3n) is 4.51. The minimum atomic E-state index is -4.25. The summed E-state index contributed by atoms with van der Waals surface area (Å²) in [6.07, 6.45) is -1.44. The minimum Gasteiger partial charge on any atom is -0.454 e. The number of carbonyl (C=O) groups is 2. The summed E-state index contributed by atoms with van der Waals surface area (Å²) in [6.45, 7) is 6.15. The predicted octanol–water partition coefficient (Wildman–Crippen LogP) is 3.13. The first kappa shape index (κ1) is 26.1. The molecule has 0 saturated heterocycles. The maximum absolute atomic E-state index is 12.6. The van der Waals surface area contributed by atoms with E-state index in [-0.39, 0.29) is 14.9 Å². The van der Waals surface area contributed by atoms with Crippen LogP contribution >= 0.6 is 23.2 Å². The van der Waals surface area contributed by atoms with Crippen LogP contribution < -0.4 is 10.0 Å². The van der Waals surface area contributed by atoms with Crippen LogP contribution in [-0.4, -0.2) is 44.2 Å². The van der Waals surface area contributed by atoms with Crippen molar-refractivity contribution in [2.75, 3.05) is 11.9 Å². The quantitative estimate of drug-likeness (QED) is 0.476. The Morgan fingerprint density at radius 2 is 1.66 bits per heavy atom. The molecule has 0 unspecified atom stereocenters. The molecule has 0 aliphatic rings. The van der Waals surface area contributed by atoms with Gasteiger partial charge in [0.25, 0.3) is 5.91 Å². The van der Waals surface area contributed by atoms with E-state index in [1.807, 2.05) is 32.9 Å². The van der Waals surface area contributed by atoms with E-state index in [0.717, 1.165) is 22.8 Å². The maximum atomic E-state index is 12.6. The van der Waals surface area contributed by atoms with Gasteiger partial charge in [0.1, 0.15) is 6.04 Å². The average molecular weight is 503 g/mol. The Hall–Kier alpha value is -2.17. The van der Waals surface area contributed by atoms with E-state index in [4.69, 9.17) is 27.9 Å². The summed E-state index contributed by atoms with van der Waals surface area (Å²) in [4.78, 5) is 24.4. The van der Waals surface area contributed by atoms with Gasteiger partial charge in [0, 0.05) is 5.69 Å². The van der Waals surface area contributed by atoms with Crippen LogP contribution in [0.15, 0.2) is 35.2 Å². The zero-order valence-corrected chi connectivity index (χ0v) is 20.2. The van der Waals surface area contributed by atoms with Crippen molar-refractivity contribution >= 4 is 50.8 Å². The molecular weight excluding hydrogens is 479 g/mol. The van der Waals surface area contributed by atoms with E-state index in [1.165, 1.54) is 19.1 Å². The number of aliphatic hydroxyl groups is 1. The zero-order chi connectivity index (χ0) is 24.2. The maximum Gasteiger partial charge on any atom is 0.327 e. The Kier molecular flexibility index (Phi) is 8.67. The number of sulfonamides is 1. The van der Waals surface area contributed by atoms with Crippen LogP contribution in [0.1, 0.15) is 23.6 Å². The van der Waals surface area contributed by atoms with Gasteiger partial charge < -0.3 is 15.2 Å². The molecule has 1 amide bonds. The molecule has 3 N–H and O–H groups in total. The van der Waals surface area contributed by atoms with Gasteiger partial charge in [0.05, 0.1) is 21.0 Å². The number of carbonyl (C=O) groups excluding carboxylic acids is 2. The molecule has 11 heteroatoms. The lowest BCUT2D eigenvalue weighted by atomic mass is 10.1. The Morgan fingerprint density at radius 3 is 2.19 bits per heavy atom. The minimum absolute atomic E-state index is 0.00378. The van der Waals surface area contributed by atoms with Gasteiger partial charge in [-0.2, -0.15) is 4.72 Å². The molecule has 0 aliphatic heterocycles. The Morgan fingerprint density at radius 1 is 1.06 bits per heavy atom. The van der Waals surface area contributed by atoms with Crippen molar-refractivity contribution < 1.29 is 27.9 Å². The zero-order valence-electron chi connectivity index (χ0n) is 17.9. The lowest BCUT2D eigenvalue weighted by molar-refractivity contribution is -0.151. The summed E-state index contributed by atoms with van der Waals surface area (Å²) in [5.74, 6) is -1.72. The molecule has 0 spiro atoms. The summed E-state index contributed by atoms with van der Waals surface area (Å²) in [6, 6.07) is 5.74. The molecule has 0 radical (unpaired) electrons. The third-order valence-corrected chi connectivity index (χ3v) is 6.68. The summed E-state index contributed by atoms with van der Waals surface area (Å²) < 4.78 is 32.2. The number of anilines is 1. The normalized spacial score (nSPS) is 13.3. The molecule has 8 nitrogen and oxygen atoms in total. The first-order valence-corrected chi connectivity index (χ1v) is 11.8. The van der Waals surface area contributed by atoms with Crippen molar-refractivity contribution in [3.63, 3.8) is 0 Å². The van der Waals surface area contributed by atoms with Gasteiger partial charge in [-0.15, -0.1) is 0 Å². The number of amides is 1. The summed E-state index contributed by atoms with van der Waals surface area (Å²) >= 11 is 11.6. The van der Waals surface area contributed by atoms with Crippen LogP contribution in [0.2, 0.25) is 10.0 Å². The molecule has 0 heterocycles. The molecule has 0 aliphatic carbocycles. The molecule has 0 bridgehead atoms. The van der Waals surface area contributed by atoms with Crippen molar-refractivity contribution in [1.29, 1.82) is 0 Å². The van der Waals surface area contributed by atoms with Crippen molar-refractivity contribution in [3.05, 3.63) is 57.1 Å². The Labute approximate surface area is 196 Å². The van der Waals surface area contributed by atoms with Gasteiger partial charge in [-0.25, -0.2) is 8.42 Å². The number of hydrogen-bond donors (Lipinski definition) is 3. The van der Waals surface area contributed by atoms with Gasteiger partial charge >= 0.3 is 5.97 Å². The van der Waals surface area contributed by atoms with E-state index in [9.17, 15) is 23.1 Å². The highest BCUT2D eigenvalue weighted by Gasteiger charge is 2.31. The Bertz CT molecular complexity index is 1110. The number of ether oxygens (including phenoxy) is 1. The van der Waals surface area contributed by atoms with Gasteiger partial charge in [-0.1, -0.05) is 40.9 Å². The molecule has 0 fully saturated rings. The van der Waals surface area contributed by atoms with Gasteiger partial charge in [0.15, 0.2) is 6.61 Å². The molecule has 0 saturated carbocycles. The number of aliphatic hydroxyl groups excluding tert-OH is 1. The van der Waals surface area contributed by atoms with Gasteiger partial charge in [-0.3, -0.25) is 9.59 Å². The number of aryl methyl sites for hydroxylation is 3. The molecule has 2 aromatic rings. The molecule has 2 aromatic carbocycles. The fraction of sp³-hybridized carbons (Fsp3) is 0.333. The second-order valence-corrected chi connectivity index (χ2v) is 9.87. The van der Waals surface area contributed by atoms with E-state index >= 15 is 0 Å². The lowest BCUT2D eigenvalue weighted by Gasteiger charge is -2.20. The number of hydrogen-bond acceptors (Lipinski definition) is 6. The number of benzene rings is 2. The first-order valence-electron chi connectivity index (χ1n) is 9.51. The van der Waals surface area contributed by atoms with Crippen LogP contribution in [0, 0.1) is 20.8 Å². The molecule has 2 rings (SSSR count). The van der Waals surface area contributed by atoms with Crippen molar-refractivity contribution in [2.45, 2.75) is 44.7 Å². The molecule has 174 valence electrons. The van der Waals surface area contributed by atoms with Crippen LogP contribution in [0.25, 0.3) is 0 Å². The highest BCUT2D eigenvalue weighted by molar-refractivity contribution is 7.89. The van der Waals surface area contributed by atoms with Gasteiger partial charge in [-0.05, 0) is 57.0 Å². The smallest absolute Gasteiger partial charge is 0.327 e. The van der Waals surface area contributed by atoms with E-state index in [2.05, 4.69) is 10.0 Å². The second-order valence-electron chi connectivity index (χ2n) is 7.35. The number of nitrogens with one attached hydrogen (secondary N) is 2. The largest absolute Gasteiger partial charge is 0.454 e. The van der Waals surface area contributed by atoms with E-state index in [1.54, 1.807) is 0 Å². The number of esters is 1. The summed E-state index contributed by atoms with van der Waals surface area (Å²) in [5, 5.41) is 12.7. The molecular formula is C21H24Cl2N2O6S. The van der Waals surface area contributed by atoms with Crippen molar-refractivity contribution in [1.82, 2.24) is 4.72 Å². The predicted molar refractivity (Wildman–Crippen MR) is 122 cm³/mol. The van der Waals surface area contributed by atoms with Crippen LogP contribution in [0.3, 0.4) is 0 Å². The molecule has 0 aromatic heterocycles. The SMILES string of the molecule is Cc1cc(C)c(NC(=O)COC(=O)[C@@H](NS(=O)(=O)c2ccc(Cl)c(Cl)c2)[C@H](C)O)c(C)c1. The van der Waals surface area contributed by atoms with Crippen molar-refractivity contribution in [2.24, 2.45) is 0 Å². The number of rotatable bonds is 8. The fourth-order valence-corrected chi connectivity index (χ4v) is 4.65. The highest BCUT2D eigenvalue weighted by atomic mass is 35.5. The van der Waals surface area contributed by atoms with Crippen molar-refractivity contribution in [3.8, 4) is 0 Å². The first-order chi connectivity index (χ1) is 14.8. The van der Waals surface area contributed by atoms with Crippen LogP contribution in [0.4, 0.5) is 5.69 Å². The topological polar surface area (TPSA) is 122 Å². The second kappa shape index (κ2) is 10.6. The molecule has 2 atom stereocenters. The summed E-state index contributed by atoms with van der Waals surface area (Å²) in [7, 11) is -4.25. The Balaban J connectivity index is 2.07. The van der Waals surface area contributed by atoms with E-state index < -0.39 is 40.7 Å². The monoisotopic (exact) mass is 502 g/mol. The third kappa shape index (κ3) is 6.66. The lowest BCUT2D eigenvalue weighted by Crippen LogP contribution is -2.48. The average Bonchev–Trinajstić information content (AvgIpc) is 2.68. The summed E-state index contributed by atoms with van der Waals surface area (Å²) in [5.41, 5.74) is 3.33. The van der Waals surface area contributed by atoms with Crippen LogP contribution in [0.5, 0.6) is 0 Å². The van der Waals surface area contributed by atoms with E-state index in [0.29, 0.717) is 5.69 Å². The number of halogens is 2.